The number of hydrogen-bond donors (Lipinski definition) is 1. The molecule has 2 heterocycles. The minimum atomic E-state index is -0.547. The molecule has 0 atom stereocenters. The molecule has 2 aromatic carbocycles. The number of amidine groups is 1. The Morgan fingerprint density at radius 1 is 1.14 bits per heavy atom. The third-order valence-corrected chi connectivity index (χ3v) is 5.18. The molecule has 7 nitrogen and oxygen atoms in total. The summed E-state index contributed by atoms with van der Waals surface area (Å²) in [5.41, 5.74) is 1.17. The molecule has 3 aromatic rings. The minimum absolute atomic E-state index is 0.0243. The molecule has 4 rings (SSSR count). The Balaban J connectivity index is 1.55. The summed E-state index contributed by atoms with van der Waals surface area (Å²) in [5, 5.41) is 14.1. The van der Waals surface area contributed by atoms with Gasteiger partial charge in [-0.1, -0.05) is 29.8 Å². The summed E-state index contributed by atoms with van der Waals surface area (Å²) < 4.78 is 5.75. The second-order valence-corrected chi connectivity index (χ2v) is 7.38. The molecule has 1 aliphatic rings. The number of furan rings is 1. The second-order valence-electron chi connectivity index (χ2n) is 5.94. The summed E-state index contributed by atoms with van der Waals surface area (Å²) in [6.07, 6.45) is 1.62. The van der Waals surface area contributed by atoms with Crippen molar-refractivity contribution in [1.29, 1.82) is 0 Å². The van der Waals surface area contributed by atoms with Gasteiger partial charge in [0.1, 0.15) is 16.5 Å². The number of aliphatic imine (C=N–C) groups is 1. The monoisotopic (exact) mass is 425 g/mol. The van der Waals surface area contributed by atoms with Crippen LogP contribution in [0.5, 0.6) is 0 Å². The van der Waals surface area contributed by atoms with Gasteiger partial charge < -0.3 is 9.73 Å². The van der Waals surface area contributed by atoms with E-state index < -0.39 is 4.92 Å². The van der Waals surface area contributed by atoms with E-state index in [-0.39, 0.29) is 16.6 Å². The van der Waals surface area contributed by atoms with E-state index >= 15 is 0 Å². The van der Waals surface area contributed by atoms with Crippen LogP contribution in [0.2, 0.25) is 5.02 Å². The third-order valence-electron chi connectivity index (χ3n) is 3.97. The third kappa shape index (κ3) is 4.23. The maximum absolute atomic E-state index is 12.2. The van der Waals surface area contributed by atoms with E-state index in [0.717, 1.165) is 5.69 Å². The number of nitro benzene ring substituents is 1. The van der Waals surface area contributed by atoms with E-state index in [1.54, 1.807) is 24.3 Å². The molecule has 1 aromatic heterocycles. The molecule has 9 heteroatoms. The van der Waals surface area contributed by atoms with Gasteiger partial charge >= 0.3 is 0 Å². The number of carbonyl (C=O) groups excluding carboxylic acids is 1. The molecule has 1 saturated heterocycles. The fraction of sp³-hybridized carbons (Fsp3) is 0. The summed E-state index contributed by atoms with van der Waals surface area (Å²) in [6.45, 7) is 0. The maximum atomic E-state index is 12.2. The van der Waals surface area contributed by atoms with Crippen LogP contribution < -0.4 is 5.32 Å². The molecule has 1 fully saturated rings. The van der Waals surface area contributed by atoms with Gasteiger partial charge in [-0.2, -0.15) is 0 Å². The van der Waals surface area contributed by atoms with Gasteiger partial charge in [0.15, 0.2) is 5.17 Å². The lowest BCUT2D eigenvalue weighted by molar-refractivity contribution is -0.384. The lowest BCUT2D eigenvalue weighted by Gasteiger charge is -1.99. The van der Waals surface area contributed by atoms with Crippen LogP contribution in [0, 0.1) is 10.1 Å². The van der Waals surface area contributed by atoms with Gasteiger partial charge in [0.05, 0.1) is 15.5 Å². The topological polar surface area (TPSA) is 97.7 Å². The van der Waals surface area contributed by atoms with Crippen molar-refractivity contribution in [1.82, 2.24) is 5.32 Å². The Bertz CT molecular complexity index is 1170. The quantitative estimate of drug-likeness (QED) is 0.343. The van der Waals surface area contributed by atoms with Crippen molar-refractivity contribution in [2.45, 2.75) is 0 Å². The number of carbonyl (C=O) groups is 1. The van der Waals surface area contributed by atoms with Gasteiger partial charge in [-0.15, -0.1) is 0 Å². The van der Waals surface area contributed by atoms with Gasteiger partial charge in [-0.3, -0.25) is 14.9 Å². The van der Waals surface area contributed by atoms with Crippen molar-refractivity contribution in [3.8, 4) is 11.3 Å². The Labute approximate surface area is 174 Å². The van der Waals surface area contributed by atoms with E-state index in [4.69, 9.17) is 16.0 Å². The Kier molecular flexibility index (Phi) is 5.20. The molecule has 144 valence electrons. The minimum Gasteiger partial charge on any atom is -0.457 e. The fourth-order valence-electron chi connectivity index (χ4n) is 2.62. The number of nitrogens with one attached hydrogen (secondary N) is 1. The maximum Gasteiger partial charge on any atom is 0.287 e. The van der Waals surface area contributed by atoms with Crippen molar-refractivity contribution < 1.29 is 14.1 Å². The van der Waals surface area contributed by atoms with Crippen molar-refractivity contribution in [2.75, 3.05) is 0 Å². The van der Waals surface area contributed by atoms with E-state index in [2.05, 4.69) is 10.3 Å². The summed E-state index contributed by atoms with van der Waals surface area (Å²) in [5.74, 6) is 0.685. The van der Waals surface area contributed by atoms with Gasteiger partial charge in [0, 0.05) is 17.7 Å². The lowest BCUT2D eigenvalue weighted by atomic mass is 10.1. The molecule has 0 saturated carbocycles. The average molecular weight is 426 g/mol. The highest BCUT2D eigenvalue weighted by atomic mass is 35.5. The predicted molar refractivity (Wildman–Crippen MR) is 113 cm³/mol. The molecule has 0 radical (unpaired) electrons. The standard InChI is InChI=1S/C20H12ClN3O4S/c21-15-10-12(6-8-16(15)24(26)27)17-9-7-14(28-17)11-18-19(25)23-20(29-18)22-13-4-2-1-3-5-13/h1-11H,(H,22,23,25). The number of nitrogens with zero attached hydrogens (tertiary/aromatic N) is 2. The zero-order chi connectivity index (χ0) is 20.4. The van der Waals surface area contributed by atoms with E-state index in [0.29, 0.717) is 27.2 Å². The normalized spacial score (nSPS) is 16.4. The SMILES string of the molecule is O=C1NC(=Nc2ccccc2)SC1=Cc1ccc(-c2ccc([N+](=O)[O-])c(Cl)c2)o1. The van der Waals surface area contributed by atoms with Crippen LogP contribution in [0.1, 0.15) is 5.76 Å². The van der Waals surface area contributed by atoms with E-state index in [1.165, 1.54) is 23.9 Å². The average Bonchev–Trinajstić information content (AvgIpc) is 3.29. The van der Waals surface area contributed by atoms with Crippen LogP contribution in [0.25, 0.3) is 17.4 Å². The van der Waals surface area contributed by atoms with Crippen LogP contribution in [0.4, 0.5) is 11.4 Å². The van der Waals surface area contributed by atoms with Crippen molar-refractivity contribution in [2.24, 2.45) is 4.99 Å². The Morgan fingerprint density at radius 2 is 1.93 bits per heavy atom. The summed E-state index contributed by atoms with van der Waals surface area (Å²) in [4.78, 5) is 27.4. The first-order valence-corrected chi connectivity index (χ1v) is 9.58. The lowest BCUT2D eigenvalue weighted by Crippen LogP contribution is -2.19. The largest absolute Gasteiger partial charge is 0.457 e. The van der Waals surface area contributed by atoms with Gasteiger partial charge in [0.25, 0.3) is 11.6 Å². The molecule has 1 amide bonds. The molecule has 1 aliphatic heterocycles. The summed E-state index contributed by atoms with van der Waals surface area (Å²) >= 11 is 7.17. The van der Waals surface area contributed by atoms with Crippen molar-refractivity contribution in [3.05, 3.63) is 86.5 Å². The molecule has 0 unspecified atom stereocenters. The number of halogens is 1. The summed E-state index contributed by atoms with van der Waals surface area (Å²) in [7, 11) is 0. The van der Waals surface area contributed by atoms with Crippen LogP contribution in [-0.4, -0.2) is 16.0 Å². The van der Waals surface area contributed by atoms with Crippen LogP contribution in [0.15, 0.2) is 75.0 Å². The molecular weight excluding hydrogens is 414 g/mol. The first kappa shape index (κ1) is 19.0. The number of benzene rings is 2. The Morgan fingerprint density at radius 3 is 2.66 bits per heavy atom. The second kappa shape index (κ2) is 7.94. The predicted octanol–water partition coefficient (Wildman–Crippen LogP) is 5.40. The van der Waals surface area contributed by atoms with Crippen LogP contribution in [-0.2, 0) is 4.79 Å². The zero-order valence-electron chi connectivity index (χ0n) is 14.7. The highest BCUT2D eigenvalue weighted by molar-refractivity contribution is 8.18. The smallest absolute Gasteiger partial charge is 0.287 e. The highest BCUT2D eigenvalue weighted by Crippen LogP contribution is 2.33. The molecule has 0 spiro atoms. The zero-order valence-corrected chi connectivity index (χ0v) is 16.2. The van der Waals surface area contributed by atoms with Gasteiger partial charge in [-0.25, -0.2) is 4.99 Å². The number of rotatable bonds is 4. The number of hydrogen-bond acceptors (Lipinski definition) is 6. The number of nitro groups is 1. The summed E-state index contributed by atoms with van der Waals surface area (Å²) in [6, 6.07) is 17.1. The van der Waals surface area contributed by atoms with E-state index in [1.807, 2.05) is 30.3 Å². The molecular formula is C20H12ClN3O4S. The highest BCUT2D eigenvalue weighted by Gasteiger charge is 2.24. The first-order chi connectivity index (χ1) is 14.0. The van der Waals surface area contributed by atoms with Gasteiger partial charge in [0.2, 0.25) is 0 Å². The van der Waals surface area contributed by atoms with Gasteiger partial charge in [-0.05, 0) is 48.2 Å². The molecule has 0 bridgehead atoms. The van der Waals surface area contributed by atoms with E-state index in [9.17, 15) is 14.9 Å². The molecule has 0 aliphatic carbocycles. The van der Waals surface area contributed by atoms with Crippen LogP contribution in [0.3, 0.4) is 0 Å². The molecule has 29 heavy (non-hydrogen) atoms. The number of thioether (sulfide) groups is 1. The fourth-order valence-corrected chi connectivity index (χ4v) is 3.69. The van der Waals surface area contributed by atoms with Crippen molar-refractivity contribution >= 4 is 51.9 Å². The number of para-hydroxylation sites is 1. The molecule has 1 N–H and O–H groups in total. The van der Waals surface area contributed by atoms with Crippen molar-refractivity contribution in [3.63, 3.8) is 0 Å². The van der Waals surface area contributed by atoms with Crippen LogP contribution >= 0.6 is 23.4 Å². The first-order valence-electron chi connectivity index (χ1n) is 8.38. The number of amides is 1. The Hall–Kier alpha value is -3.36.